The lowest BCUT2D eigenvalue weighted by atomic mass is 10.2. The molecule has 104 valence electrons. The molecule has 1 amide bonds. The zero-order chi connectivity index (χ0) is 13.7. The predicted molar refractivity (Wildman–Crippen MR) is 74.6 cm³/mol. The van der Waals surface area contributed by atoms with Crippen LogP contribution in [0.3, 0.4) is 0 Å². The van der Waals surface area contributed by atoms with Gasteiger partial charge in [-0.15, -0.1) is 11.3 Å². The van der Waals surface area contributed by atoms with Gasteiger partial charge in [0.15, 0.2) is 11.9 Å². The summed E-state index contributed by atoms with van der Waals surface area (Å²) in [5.74, 6) is 1.57. The summed E-state index contributed by atoms with van der Waals surface area (Å²) in [6.45, 7) is 2.90. The van der Waals surface area contributed by atoms with E-state index in [1.54, 1.807) is 11.3 Å². The van der Waals surface area contributed by atoms with E-state index in [4.69, 9.17) is 4.52 Å². The number of rotatable bonds is 2. The van der Waals surface area contributed by atoms with Crippen molar-refractivity contribution in [2.24, 2.45) is 0 Å². The molecule has 6 heteroatoms. The maximum absolute atomic E-state index is 12.7. The van der Waals surface area contributed by atoms with Crippen molar-refractivity contribution in [2.45, 2.75) is 32.0 Å². The van der Waals surface area contributed by atoms with Crippen molar-refractivity contribution in [1.29, 1.82) is 0 Å². The molecule has 2 fully saturated rings. The monoisotopic (exact) mass is 290 g/mol. The zero-order valence-corrected chi connectivity index (χ0v) is 12.0. The van der Waals surface area contributed by atoms with Gasteiger partial charge < -0.3 is 9.42 Å². The van der Waals surface area contributed by atoms with Crippen molar-refractivity contribution in [3.05, 3.63) is 34.2 Å². The van der Waals surface area contributed by atoms with Gasteiger partial charge in [0.1, 0.15) is 5.76 Å². The highest BCUT2D eigenvalue weighted by atomic mass is 32.1. The summed E-state index contributed by atoms with van der Waals surface area (Å²) in [5.41, 5.74) is 0. The van der Waals surface area contributed by atoms with Crippen LogP contribution >= 0.6 is 11.3 Å². The van der Waals surface area contributed by atoms with E-state index in [-0.39, 0.29) is 18.1 Å². The number of nitrogens with zero attached hydrogens (tertiary/aromatic N) is 2. The standard InChI is InChI=1S/C14H15N3O2S/c1-9-8-12(15-19-9)17-13(11-5-3-7-20-11)16-6-2-4-10(16)14(17)18/h3,5,7-8,10,13H,2,4,6H2,1H3/p+1/t10-,13+/m1/s1. The van der Waals surface area contributed by atoms with Crippen LogP contribution in [0.15, 0.2) is 28.1 Å². The highest BCUT2D eigenvalue weighted by molar-refractivity contribution is 7.10. The van der Waals surface area contributed by atoms with E-state index in [0.717, 1.165) is 25.1 Å². The summed E-state index contributed by atoms with van der Waals surface area (Å²) >= 11 is 1.70. The number of aromatic nitrogens is 1. The van der Waals surface area contributed by atoms with Gasteiger partial charge in [0, 0.05) is 18.9 Å². The number of nitrogens with one attached hydrogen (secondary N) is 1. The number of aryl methyl sites for hydroxylation is 1. The number of hydrogen-bond acceptors (Lipinski definition) is 4. The number of fused-ring (bicyclic) bond motifs is 1. The van der Waals surface area contributed by atoms with Crippen molar-refractivity contribution in [2.75, 3.05) is 11.4 Å². The molecule has 0 radical (unpaired) electrons. The topological polar surface area (TPSA) is 50.8 Å². The fraction of sp³-hybridized carbons (Fsp3) is 0.429. The Labute approximate surface area is 120 Å². The van der Waals surface area contributed by atoms with E-state index in [1.165, 1.54) is 9.78 Å². The second-order valence-corrected chi connectivity index (χ2v) is 6.42. The van der Waals surface area contributed by atoms with Gasteiger partial charge in [0.2, 0.25) is 6.17 Å². The van der Waals surface area contributed by atoms with Crippen LogP contribution in [0.25, 0.3) is 0 Å². The van der Waals surface area contributed by atoms with Crippen LogP contribution in [0, 0.1) is 6.92 Å². The Kier molecular flexibility index (Phi) is 2.68. The summed E-state index contributed by atoms with van der Waals surface area (Å²) in [7, 11) is 0. The molecule has 0 bridgehead atoms. The van der Waals surface area contributed by atoms with Crippen molar-refractivity contribution in [3.63, 3.8) is 0 Å². The first-order valence-corrected chi connectivity index (χ1v) is 7.79. The lowest BCUT2D eigenvalue weighted by molar-refractivity contribution is -0.924. The molecule has 2 aliphatic rings. The Morgan fingerprint density at radius 2 is 2.45 bits per heavy atom. The van der Waals surface area contributed by atoms with Crippen molar-refractivity contribution in [3.8, 4) is 0 Å². The Morgan fingerprint density at radius 1 is 1.55 bits per heavy atom. The normalized spacial score (nSPS) is 29.1. The fourth-order valence-corrected chi connectivity index (χ4v) is 4.27. The SMILES string of the molecule is Cc1cc(N2C(=O)[C@H]3CCC[NH+]3[C@@H]2c2cccs2)no1. The minimum Gasteiger partial charge on any atom is -0.360 e. The molecule has 0 saturated carbocycles. The zero-order valence-electron chi connectivity index (χ0n) is 11.2. The number of thiophene rings is 1. The molecule has 2 aromatic rings. The summed E-state index contributed by atoms with van der Waals surface area (Å²) in [4.78, 5) is 17.1. The Balaban J connectivity index is 1.80. The minimum atomic E-state index is 0.0551. The molecular formula is C14H16N3O2S+. The molecule has 0 aromatic carbocycles. The third-order valence-electron chi connectivity index (χ3n) is 4.23. The quantitative estimate of drug-likeness (QED) is 0.902. The maximum atomic E-state index is 12.7. The van der Waals surface area contributed by atoms with Gasteiger partial charge in [-0.3, -0.25) is 4.79 Å². The average Bonchev–Trinajstić information content (AvgIpc) is 3.16. The van der Waals surface area contributed by atoms with Crippen LogP contribution in [0.1, 0.15) is 29.6 Å². The first-order valence-electron chi connectivity index (χ1n) is 6.91. The summed E-state index contributed by atoms with van der Waals surface area (Å²) in [6.07, 6.45) is 2.15. The molecule has 5 nitrogen and oxygen atoms in total. The van der Waals surface area contributed by atoms with Crippen LogP contribution in [0.2, 0.25) is 0 Å². The van der Waals surface area contributed by atoms with Gasteiger partial charge in [0.25, 0.3) is 5.91 Å². The van der Waals surface area contributed by atoms with Crippen LogP contribution in [0.5, 0.6) is 0 Å². The second-order valence-electron chi connectivity index (χ2n) is 5.44. The van der Waals surface area contributed by atoms with E-state index in [9.17, 15) is 4.79 Å². The van der Waals surface area contributed by atoms with Gasteiger partial charge >= 0.3 is 0 Å². The average molecular weight is 290 g/mol. The Hall–Kier alpha value is -1.66. The fourth-order valence-electron chi connectivity index (χ4n) is 3.41. The highest BCUT2D eigenvalue weighted by Crippen LogP contribution is 2.32. The van der Waals surface area contributed by atoms with Crippen LogP contribution in [-0.4, -0.2) is 23.7 Å². The molecule has 2 aromatic heterocycles. The molecule has 2 saturated heterocycles. The van der Waals surface area contributed by atoms with Crippen LogP contribution < -0.4 is 9.80 Å². The lowest BCUT2D eigenvalue weighted by Gasteiger charge is -2.23. The molecule has 1 N–H and O–H groups in total. The van der Waals surface area contributed by atoms with E-state index >= 15 is 0 Å². The number of amides is 1. The van der Waals surface area contributed by atoms with Crippen LogP contribution in [0.4, 0.5) is 5.82 Å². The van der Waals surface area contributed by atoms with E-state index < -0.39 is 0 Å². The molecule has 4 rings (SSSR count). The summed E-state index contributed by atoms with van der Waals surface area (Å²) in [6, 6.07) is 6.08. The number of hydrogen-bond donors (Lipinski definition) is 1. The molecule has 1 unspecified atom stereocenters. The number of carbonyl (C=O) groups excluding carboxylic acids is 1. The third-order valence-corrected chi connectivity index (χ3v) is 5.15. The molecular weight excluding hydrogens is 274 g/mol. The highest BCUT2D eigenvalue weighted by Gasteiger charge is 2.54. The molecule has 2 aliphatic heterocycles. The minimum absolute atomic E-state index is 0.0551. The van der Waals surface area contributed by atoms with Gasteiger partial charge in [0.05, 0.1) is 11.4 Å². The Bertz CT molecular complexity index is 637. The number of carbonyl (C=O) groups is 1. The first kappa shape index (κ1) is 12.1. The smallest absolute Gasteiger partial charge is 0.291 e. The summed E-state index contributed by atoms with van der Waals surface area (Å²) in [5, 5.41) is 6.12. The lowest BCUT2D eigenvalue weighted by Crippen LogP contribution is -3.12. The molecule has 20 heavy (non-hydrogen) atoms. The molecule has 0 aliphatic carbocycles. The summed E-state index contributed by atoms with van der Waals surface area (Å²) < 4.78 is 5.16. The maximum Gasteiger partial charge on any atom is 0.291 e. The van der Waals surface area contributed by atoms with Gasteiger partial charge in [-0.25, -0.2) is 4.90 Å². The van der Waals surface area contributed by atoms with Gasteiger partial charge in [-0.2, -0.15) is 0 Å². The van der Waals surface area contributed by atoms with E-state index in [0.29, 0.717) is 5.82 Å². The second kappa shape index (κ2) is 4.43. The van der Waals surface area contributed by atoms with Gasteiger partial charge in [-0.1, -0.05) is 11.2 Å². The van der Waals surface area contributed by atoms with Crippen molar-refractivity contribution < 1.29 is 14.2 Å². The molecule has 4 heterocycles. The van der Waals surface area contributed by atoms with Crippen LogP contribution in [-0.2, 0) is 4.79 Å². The molecule has 0 spiro atoms. The first-order chi connectivity index (χ1) is 9.75. The number of quaternary nitrogens is 1. The predicted octanol–water partition coefficient (Wildman–Crippen LogP) is 1.14. The molecule has 3 atom stereocenters. The van der Waals surface area contributed by atoms with E-state index in [1.807, 2.05) is 24.0 Å². The Morgan fingerprint density at radius 3 is 3.15 bits per heavy atom. The van der Waals surface area contributed by atoms with Gasteiger partial charge in [-0.05, 0) is 18.4 Å². The third kappa shape index (κ3) is 1.65. The largest absolute Gasteiger partial charge is 0.360 e. The van der Waals surface area contributed by atoms with Crippen molar-refractivity contribution in [1.82, 2.24) is 5.16 Å². The van der Waals surface area contributed by atoms with E-state index in [2.05, 4.69) is 16.6 Å². The van der Waals surface area contributed by atoms with Crippen molar-refractivity contribution >= 4 is 23.1 Å². The number of anilines is 1.